The van der Waals surface area contributed by atoms with E-state index in [9.17, 15) is 0 Å². The van der Waals surface area contributed by atoms with Crippen LogP contribution in [0.1, 0.15) is 18.9 Å². The number of hydrogen-bond donors (Lipinski definition) is 1. The van der Waals surface area contributed by atoms with Crippen LogP contribution in [-0.2, 0) is 12.3 Å². The predicted octanol–water partition coefficient (Wildman–Crippen LogP) is 2.56. The van der Waals surface area contributed by atoms with Crippen molar-refractivity contribution in [3.63, 3.8) is 0 Å². The second-order valence-corrected chi connectivity index (χ2v) is 4.71. The molecule has 0 bridgehead atoms. The SMILES string of the molecule is CCCn1c(N)nnc1SCc1ccccc1. The van der Waals surface area contributed by atoms with Crippen LogP contribution in [0, 0.1) is 0 Å². The minimum absolute atomic E-state index is 0.502. The predicted molar refractivity (Wildman–Crippen MR) is 70.7 cm³/mol. The summed E-state index contributed by atoms with van der Waals surface area (Å²) < 4.78 is 1.97. The van der Waals surface area contributed by atoms with E-state index in [1.807, 2.05) is 22.8 Å². The minimum atomic E-state index is 0.502. The van der Waals surface area contributed by atoms with Crippen molar-refractivity contribution in [1.29, 1.82) is 0 Å². The summed E-state index contributed by atoms with van der Waals surface area (Å²) in [5.74, 6) is 1.39. The lowest BCUT2D eigenvalue weighted by molar-refractivity contribution is 0.628. The Labute approximate surface area is 105 Å². The standard InChI is InChI=1S/C12H16N4S/c1-2-8-16-11(13)14-15-12(16)17-9-10-6-4-3-5-7-10/h3-7H,2,8-9H2,1H3,(H2,13,14). The molecule has 2 rings (SSSR count). The number of rotatable bonds is 5. The summed E-state index contributed by atoms with van der Waals surface area (Å²) in [7, 11) is 0. The summed E-state index contributed by atoms with van der Waals surface area (Å²) in [6.45, 7) is 2.99. The molecule has 1 aromatic carbocycles. The molecule has 0 aliphatic carbocycles. The molecule has 0 amide bonds. The summed E-state index contributed by atoms with van der Waals surface area (Å²) in [5, 5.41) is 8.91. The van der Waals surface area contributed by atoms with E-state index in [2.05, 4.69) is 29.3 Å². The van der Waals surface area contributed by atoms with Crippen molar-refractivity contribution in [2.24, 2.45) is 0 Å². The molecule has 1 aromatic heterocycles. The highest BCUT2D eigenvalue weighted by Crippen LogP contribution is 2.22. The summed E-state index contributed by atoms with van der Waals surface area (Å²) in [6.07, 6.45) is 1.03. The van der Waals surface area contributed by atoms with Gasteiger partial charge >= 0.3 is 0 Å². The van der Waals surface area contributed by atoms with Gasteiger partial charge in [-0.15, -0.1) is 10.2 Å². The van der Waals surface area contributed by atoms with Crippen molar-refractivity contribution in [2.45, 2.75) is 30.8 Å². The molecule has 0 atom stereocenters. The molecule has 0 saturated heterocycles. The molecule has 0 saturated carbocycles. The van der Waals surface area contributed by atoms with Gasteiger partial charge in [0.2, 0.25) is 5.95 Å². The van der Waals surface area contributed by atoms with Crippen molar-refractivity contribution >= 4 is 17.7 Å². The van der Waals surface area contributed by atoms with Crippen molar-refractivity contribution in [3.8, 4) is 0 Å². The van der Waals surface area contributed by atoms with Crippen molar-refractivity contribution in [1.82, 2.24) is 14.8 Å². The van der Waals surface area contributed by atoms with E-state index in [0.717, 1.165) is 23.9 Å². The first-order chi connectivity index (χ1) is 8.31. The smallest absolute Gasteiger partial charge is 0.222 e. The summed E-state index contributed by atoms with van der Waals surface area (Å²) in [4.78, 5) is 0. The molecule has 4 nitrogen and oxygen atoms in total. The van der Waals surface area contributed by atoms with Gasteiger partial charge in [0, 0.05) is 12.3 Å². The number of thioether (sulfide) groups is 1. The Balaban J connectivity index is 2.04. The molecular weight excluding hydrogens is 232 g/mol. The zero-order valence-corrected chi connectivity index (χ0v) is 10.7. The number of hydrogen-bond acceptors (Lipinski definition) is 4. The number of benzene rings is 1. The Hall–Kier alpha value is -1.49. The maximum Gasteiger partial charge on any atom is 0.222 e. The Bertz CT molecular complexity index is 467. The summed E-state index contributed by atoms with van der Waals surface area (Å²) >= 11 is 1.67. The average molecular weight is 248 g/mol. The lowest BCUT2D eigenvalue weighted by Gasteiger charge is -2.05. The van der Waals surface area contributed by atoms with Crippen LogP contribution in [-0.4, -0.2) is 14.8 Å². The van der Waals surface area contributed by atoms with Crippen LogP contribution in [0.5, 0.6) is 0 Å². The Morgan fingerprint density at radius 1 is 1.24 bits per heavy atom. The Morgan fingerprint density at radius 3 is 2.71 bits per heavy atom. The monoisotopic (exact) mass is 248 g/mol. The fourth-order valence-corrected chi connectivity index (χ4v) is 2.49. The summed E-state index contributed by atoms with van der Waals surface area (Å²) in [6, 6.07) is 10.3. The topological polar surface area (TPSA) is 56.7 Å². The maximum atomic E-state index is 5.77. The first-order valence-electron chi connectivity index (χ1n) is 5.66. The largest absolute Gasteiger partial charge is 0.368 e. The van der Waals surface area contributed by atoms with E-state index in [4.69, 9.17) is 5.73 Å². The lowest BCUT2D eigenvalue weighted by Crippen LogP contribution is -2.04. The fourth-order valence-electron chi connectivity index (χ4n) is 1.56. The number of anilines is 1. The Kier molecular flexibility index (Phi) is 4.03. The maximum absolute atomic E-state index is 5.77. The molecule has 2 N–H and O–H groups in total. The van der Waals surface area contributed by atoms with Crippen LogP contribution in [0.25, 0.3) is 0 Å². The molecule has 0 radical (unpaired) electrons. The van der Waals surface area contributed by atoms with Crippen molar-refractivity contribution in [3.05, 3.63) is 35.9 Å². The molecule has 0 aliphatic heterocycles. The van der Waals surface area contributed by atoms with E-state index in [1.165, 1.54) is 5.56 Å². The van der Waals surface area contributed by atoms with Gasteiger partial charge in [0.05, 0.1) is 0 Å². The van der Waals surface area contributed by atoms with Crippen molar-refractivity contribution < 1.29 is 0 Å². The van der Waals surface area contributed by atoms with E-state index in [0.29, 0.717) is 5.95 Å². The van der Waals surface area contributed by atoms with Gasteiger partial charge in [-0.3, -0.25) is 4.57 Å². The van der Waals surface area contributed by atoms with Crippen LogP contribution in [0.2, 0.25) is 0 Å². The van der Waals surface area contributed by atoms with Gasteiger partial charge in [-0.25, -0.2) is 0 Å². The Morgan fingerprint density at radius 2 is 2.00 bits per heavy atom. The van der Waals surface area contributed by atoms with Gasteiger partial charge in [-0.05, 0) is 12.0 Å². The zero-order valence-electron chi connectivity index (χ0n) is 9.84. The molecule has 0 unspecified atom stereocenters. The average Bonchev–Trinajstić information content (AvgIpc) is 2.70. The van der Waals surface area contributed by atoms with Gasteiger partial charge in [0.15, 0.2) is 5.16 Å². The molecule has 2 aromatic rings. The number of nitrogen functional groups attached to an aromatic ring is 1. The highest BCUT2D eigenvalue weighted by atomic mass is 32.2. The zero-order chi connectivity index (χ0) is 12.1. The van der Waals surface area contributed by atoms with E-state index in [-0.39, 0.29) is 0 Å². The third-order valence-electron chi connectivity index (χ3n) is 2.40. The molecule has 0 aliphatic rings. The van der Waals surface area contributed by atoms with Crippen LogP contribution in [0.4, 0.5) is 5.95 Å². The van der Waals surface area contributed by atoms with Crippen LogP contribution in [0.3, 0.4) is 0 Å². The molecule has 5 heteroatoms. The number of nitrogens with two attached hydrogens (primary N) is 1. The number of nitrogens with zero attached hydrogens (tertiary/aromatic N) is 3. The van der Waals surface area contributed by atoms with Gasteiger partial charge in [0.25, 0.3) is 0 Å². The van der Waals surface area contributed by atoms with Gasteiger partial charge in [0.1, 0.15) is 0 Å². The van der Waals surface area contributed by atoms with E-state index in [1.54, 1.807) is 11.8 Å². The second-order valence-electron chi connectivity index (χ2n) is 3.77. The highest BCUT2D eigenvalue weighted by Gasteiger charge is 2.08. The molecule has 17 heavy (non-hydrogen) atoms. The number of aromatic nitrogens is 3. The molecule has 90 valence electrons. The first-order valence-corrected chi connectivity index (χ1v) is 6.65. The third-order valence-corrected chi connectivity index (χ3v) is 3.44. The first kappa shape index (κ1) is 12.0. The van der Waals surface area contributed by atoms with Gasteiger partial charge in [-0.2, -0.15) is 0 Å². The minimum Gasteiger partial charge on any atom is -0.368 e. The van der Waals surface area contributed by atoms with Crippen LogP contribution >= 0.6 is 11.8 Å². The second kappa shape index (κ2) is 5.72. The fraction of sp³-hybridized carbons (Fsp3) is 0.333. The van der Waals surface area contributed by atoms with Crippen LogP contribution in [0.15, 0.2) is 35.5 Å². The third kappa shape index (κ3) is 3.00. The quantitative estimate of drug-likeness (QED) is 0.826. The van der Waals surface area contributed by atoms with E-state index >= 15 is 0 Å². The normalized spacial score (nSPS) is 10.6. The highest BCUT2D eigenvalue weighted by molar-refractivity contribution is 7.98. The van der Waals surface area contributed by atoms with Gasteiger partial charge < -0.3 is 5.73 Å². The van der Waals surface area contributed by atoms with Gasteiger partial charge in [-0.1, -0.05) is 49.0 Å². The van der Waals surface area contributed by atoms with E-state index < -0.39 is 0 Å². The lowest BCUT2D eigenvalue weighted by atomic mass is 10.2. The van der Waals surface area contributed by atoms with Crippen molar-refractivity contribution in [2.75, 3.05) is 5.73 Å². The van der Waals surface area contributed by atoms with Crippen LogP contribution < -0.4 is 5.73 Å². The molecule has 0 spiro atoms. The molecule has 1 heterocycles. The molecular formula is C12H16N4S. The molecule has 0 fully saturated rings. The summed E-state index contributed by atoms with van der Waals surface area (Å²) in [5.41, 5.74) is 7.05.